The zero-order valence-electron chi connectivity index (χ0n) is 15.8. The van der Waals surface area contributed by atoms with Gasteiger partial charge >= 0.3 is 0 Å². The zero-order valence-corrected chi connectivity index (χ0v) is 15.8. The molecule has 5 saturated carbocycles. The number of hydrogen-bond donors (Lipinski definition) is 0. The van der Waals surface area contributed by atoms with Crippen molar-refractivity contribution < 1.29 is 0 Å². The predicted molar refractivity (Wildman–Crippen MR) is 94.7 cm³/mol. The molecule has 0 saturated heterocycles. The maximum Gasteiger partial charge on any atom is -0.0235 e. The van der Waals surface area contributed by atoms with Gasteiger partial charge in [0.25, 0.3) is 0 Å². The van der Waals surface area contributed by atoms with Crippen LogP contribution in [0.15, 0.2) is 0 Å². The normalized spacial score (nSPS) is 60.7. The molecule has 1 spiro atoms. The van der Waals surface area contributed by atoms with Crippen molar-refractivity contribution in [2.75, 3.05) is 0 Å². The van der Waals surface area contributed by atoms with Gasteiger partial charge in [0.2, 0.25) is 0 Å². The molecule has 0 heterocycles. The van der Waals surface area contributed by atoms with Crippen LogP contribution in [0.1, 0.15) is 92.4 Å². The molecule has 0 aromatic carbocycles. The Labute approximate surface area is 138 Å². The molecule has 0 aromatic rings. The van der Waals surface area contributed by atoms with Crippen molar-refractivity contribution in [2.45, 2.75) is 92.4 Å². The second-order valence-electron chi connectivity index (χ2n) is 10.4. The molecule has 22 heavy (non-hydrogen) atoms. The Kier molecular flexibility index (Phi) is 3.36. The van der Waals surface area contributed by atoms with Crippen molar-refractivity contribution in [1.82, 2.24) is 0 Å². The van der Waals surface area contributed by atoms with E-state index in [0.29, 0.717) is 10.8 Å². The minimum atomic E-state index is 0.639. The molecule has 0 nitrogen and oxygen atoms in total. The first-order valence-corrected chi connectivity index (χ1v) is 10.4. The molecule has 126 valence electrons. The number of fused-ring (bicyclic) bond motifs is 3. The van der Waals surface area contributed by atoms with E-state index in [1.807, 2.05) is 0 Å². The summed E-state index contributed by atoms with van der Waals surface area (Å²) >= 11 is 0. The molecule has 0 N–H and O–H groups in total. The van der Waals surface area contributed by atoms with E-state index in [0.717, 1.165) is 35.0 Å². The quantitative estimate of drug-likeness (QED) is 0.506. The Hall–Kier alpha value is 0. The van der Waals surface area contributed by atoms with Crippen LogP contribution >= 0.6 is 0 Å². The lowest BCUT2D eigenvalue weighted by Crippen LogP contribution is -2.63. The van der Waals surface area contributed by atoms with Gasteiger partial charge in [-0.15, -0.1) is 0 Å². The van der Waals surface area contributed by atoms with Gasteiger partial charge in [-0.3, -0.25) is 0 Å². The van der Waals surface area contributed by atoms with Gasteiger partial charge in [-0.05, 0) is 90.8 Å². The van der Waals surface area contributed by atoms with Crippen molar-refractivity contribution >= 4 is 0 Å². The van der Waals surface area contributed by atoms with Crippen molar-refractivity contribution in [3.05, 3.63) is 0 Å². The fourth-order valence-electron chi connectivity index (χ4n) is 8.64. The van der Waals surface area contributed by atoms with Crippen molar-refractivity contribution in [1.29, 1.82) is 0 Å². The molecular formula is C22H38. The zero-order chi connectivity index (χ0) is 15.8. The third-order valence-corrected chi connectivity index (χ3v) is 10.3. The minimum Gasteiger partial charge on any atom is -0.0649 e. The molecule has 0 amide bonds. The molecule has 5 fully saturated rings. The lowest BCUT2D eigenvalue weighted by Gasteiger charge is -2.71. The van der Waals surface area contributed by atoms with Gasteiger partial charge in [-0.1, -0.05) is 47.5 Å². The summed E-state index contributed by atoms with van der Waals surface area (Å²) in [5.74, 6) is 5.09. The SMILES string of the molecule is CCC1(C)CCCC2(C)C1CCC13CCC(CC21)C(C)C3C. The summed E-state index contributed by atoms with van der Waals surface area (Å²) in [6.07, 6.45) is 13.7. The Morgan fingerprint density at radius 2 is 1.64 bits per heavy atom. The lowest BCUT2D eigenvalue weighted by molar-refractivity contribution is -0.218. The first-order valence-electron chi connectivity index (χ1n) is 10.4. The second kappa shape index (κ2) is 4.76. The van der Waals surface area contributed by atoms with Crippen molar-refractivity contribution in [3.63, 3.8) is 0 Å². The topological polar surface area (TPSA) is 0 Å². The van der Waals surface area contributed by atoms with E-state index >= 15 is 0 Å². The Morgan fingerprint density at radius 3 is 2.36 bits per heavy atom. The molecule has 8 unspecified atom stereocenters. The second-order valence-corrected chi connectivity index (χ2v) is 10.4. The molecule has 0 aliphatic heterocycles. The fourth-order valence-corrected chi connectivity index (χ4v) is 8.64. The monoisotopic (exact) mass is 302 g/mol. The molecule has 2 bridgehead atoms. The summed E-state index contributed by atoms with van der Waals surface area (Å²) in [6, 6.07) is 0. The van der Waals surface area contributed by atoms with Crippen LogP contribution in [-0.4, -0.2) is 0 Å². The Morgan fingerprint density at radius 1 is 0.909 bits per heavy atom. The highest BCUT2D eigenvalue weighted by Gasteiger charge is 2.65. The van der Waals surface area contributed by atoms with Gasteiger partial charge in [-0.2, -0.15) is 0 Å². The largest absolute Gasteiger partial charge is 0.0649 e. The third-order valence-electron chi connectivity index (χ3n) is 10.3. The third kappa shape index (κ3) is 1.71. The van der Waals surface area contributed by atoms with Gasteiger partial charge in [-0.25, -0.2) is 0 Å². The highest BCUT2D eigenvalue weighted by atomic mass is 14.7. The summed E-state index contributed by atoms with van der Waals surface area (Å²) in [4.78, 5) is 0. The molecule has 0 heteroatoms. The Bertz CT molecular complexity index is 453. The standard InChI is InChI=1S/C22H38/c1-6-20(4)10-7-11-21(5)18(20)9-13-22-12-8-17(14-19(21)22)15(2)16(22)3/h15-19H,6-14H2,1-5H3. The number of hydrogen-bond acceptors (Lipinski definition) is 0. The smallest absolute Gasteiger partial charge is 0.0235 e. The molecule has 0 aromatic heterocycles. The molecular weight excluding hydrogens is 264 g/mol. The van der Waals surface area contributed by atoms with E-state index in [9.17, 15) is 0 Å². The average molecular weight is 303 g/mol. The van der Waals surface area contributed by atoms with Gasteiger partial charge in [0, 0.05) is 0 Å². The predicted octanol–water partition coefficient (Wildman–Crippen LogP) is 6.69. The van der Waals surface area contributed by atoms with E-state index in [1.165, 1.54) is 25.7 Å². The first kappa shape index (κ1) is 15.5. The van der Waals surface area contributed by atoms with E-state index in [4.69, 9.17) is 0 Å². The van der Waals surface area contributed by atoms with Crippen LogP contribution in [0.4, 0.5) is 0 Å². The first-order chi connectivity index (χ1) is 10.4. The van der Waals surface area contributed by atoms with Crippen LogP contribution in [0, 0.1) is 45.8 Å². The van der Waals surface area contributed by atoms with E-state index in [2.05, 4.69) is 34.6 Å². The molecule has 5 aliphatic carbocycles. The summed E-state index contributed by atoms with van der Waals surface area (Å²) in [7, 11) is 0. The summed E-state index contributed by atoms with van der Waals surface area (Å²) in [6.45, 7) is 13.1. The van der Waals surface area contributed by atoms with Crippen LogP contribution in [0.25, 0.3) is 0 Å². The molecule has 8 atom stereocenters. The molecule has 5 aliphatic rings. The van der Waals surface area contributed by atoms with E-state index in [1.54, 1.807) is 32.1 Å². The summed E-state index contributed by atoms with van der Waals surface area (Å²) < 4.78 is 0. The average Bonchev–Trinajstić information content (AvgIpc) is 2.51. The van der Waals surface area contributed by atoms with Gasteiger partial charge in [0.05, 0.1) is 0 Å². The van der Waals surface area contributed by atoms with E-state index < -0.39 is 0 Å². The van der Waals surface area contributed by atoms with Crippen LogP contribution in [0.3, 0.4) is 0 Å². The maximum absolute atomic E-state index is 2.74. The van der Waals surface area contributed by atoms with Crippen LogP contribution in [0.2, 0.25) is 0 Å². The van der Waals surface area contributed by atoms with Gasteiger partial charge in [0.15, 0.2) is 0 Å². The van der Waals surface area contributed by atoms with Crippen LogP contribution in [-0.2, 0) is 0 Å². The maximum atomic E-state index is 2.74. The summed E-state index contributed by atoms with van der Waals surface area (Å²) in [5, 5.41) is 0. The fraction of sp³-hybridized carbons (Fsp3) is 1.00. The van der Waals surface area contributed by atoms with Gasteiger partial charge in [0.1, 0.15) is 0 Å². The summed E-state index contributed by atoms with van der Waals surface area (Å²) in [5.41, 5.74) is 2.03. The molecule has 0 radical (unpaired) electrons. The van der Waals surface area contributed by atoms with Crippen molar-refractivity contribution in [3.8, 4) is 0 Å². The molecule has 5 rings (SSSR count). The van der Waals surface area contributed by atoms with Crippen LogP contribution in [0.5, 0.6) is 0 Å². The Balaban J connectivity index is 1.75. The van der Waals surface area contributed by atoms with Gasteiger partial charge < -0.3 is 0 Å². The van der Waals surface area contributed by atoms with Crippen LogP contribution < -0.4 is 0 Å². The highest BCUT2D eigenvalue weighted by Crippen LogP contribution is 2.73. The highest BCUT2D eigenvalue weighted by molar-refractivity contribution is 5.14. The minimum absolute atomic E-state index is 0.639. The lowest BCUT2D eigenvalue weighted by atomic mass is 9.34. The van der Waals surface area contributed by atoms with Crippen molar-refractivity contribution in [2.24, 2.45) is 45.8 Å². The number of rotatable bonds is 1. The van der Waals surface area contributed by atoms with E-state index in [-0.39, 0.29) is 0 Å².